The summed E-state index contributed by atoms with van der Waals surface area (Å²) in [6, 6.07) is 15.3. The van der Waals surface area contributed by atoms with Crippen LogP contribution in [0.15, 0.2) is 48.5 Å². The predicted molar refractivity (Wildman–Crippen MR) is 127 cm³/mol. The van der Waals surface area contributed by atoms with E-state index in [1.807, 2.05) is 53.4 Å². The molecule has 2 fully saturated rings. The van der Waals surface area contributed by atoms with Gasteiger partial charge < -0.3 is 10.0 Å². The van der Waals surface area contributed by atoms with Crippen molar-refractivity contribution in [1.82, 2.24) is 4.90 Å². The summed E-state index contributed by atoms with van der Waals surface area (Å²) in [4.78, 5) is 27.2. The third-order valence-electron chi connectivity index (χ3n) is 6.98. The second kappa shape index (κ2) is 10.3. The topological polar surface area (TPSA) is 57.6 Å². The maximum Gasteiger partial charge on any atom is 0.304 e. The third-order valence-corrected chi connectivity index (χ3v) is 7.46. The highest BCUT2D eigenvalue weighted by Gasteiger charge is 2.44. The third kappa shape index (κ3) is 5.29. The van der Waals surface area contributed by atoms with Gasteiger partial charge in [0.05, 0.1) is 12.5 Å². The lowest BCUT2D eigenvalue weighted by molar-refractivity contribution is -0.150. The molecule has 170 valence electrons. The molecule has 0 bridgehead atoms. The van der Waals surface area contributed by atoms with E-state index in [4.69, 9.17) is 23.2 Å². The van der Waals surface area contributed by atoms with Crippen LogP contribution in [0, 0.1) is 11.8 Å². The Kier molecular flexibility index (Phi) is 7.42. The minimum absolute atomic E-state index is 0.0412. The van der Waals surface area contributed by atoms with Crippen LogP contribution in [-0.2, 0) is 9.59 Å². The standard InChI is InChI=1S/C26H29Cl2NO3/c27-21-11-9-18(10-12-21)25-23(19-7-4-8-22(28)13-19)14-20(15-24(30)31)26(32)29(25)16-17-5-2-1-3-6-17/h4,7-13,17,20,23,25H,1-3,5-6,14-16H2,(H,30,31)/t20-,23-,25-/m1/s1. The number of carboxylic acids is 1. The maximum absolute atomic E-state index is 13.6. The normalized spacial score (nSPS) is 24.5. The molecule has 0 spiro atoms. The smallest absolute Gasteiger partial charge is 0.304 e. The number of hydrogen-bond acceptors (Lipinski definition) is 2. The Bertz CT molecular complexity index is 956. The number of nitrogens with zero attached hydrogens (tertiary/aromatic N) is 1. The maximum atomic E-state index is 13.6. The average Bonchev–Trinajstić information content (AvgIpc) is 2.77. The van der Waals surface area contributed by atoms with E-state index in [1.54, 1.807) is 0 Å². The molecule has 0 aromatic heterocycles. The summed E-state index contributed by atoms with van der Waals surface area (Å²) in [5.74, 6) is -1.11. The van der Waals surface area contributed by atoms with E-state index < -0.39 is 11.9 Å². The summed E-state index contributed by atoms with van der Waals surface area (Å²) in [7, 11) is 0. The Balaban J connectivity index is 1.77. The number of likely N-dealkylation sites (tertiary alicyclic amines) is 1. The number of benzene rings is 2. The molecule has 1 N–H and O–H groups in total. The molecule has 2 aromatic carbocycles. The number of carbonyl (C=O) groups is 2. The van der Waals surface area contributed by atoms with Gasteiger partial charge in [-0.2, -0.15) is 0 Å². The van der Waals surface area contributed by atoms with Crippen molar-refractivity contribution in [1.29, 1.82) is 0 Å². The molecule has 0 radical (unpaired) electrons. The first-order valence-electron chi connectivity index (χ1n) is 11.5. The van der Waals surface area contributed by atoms with Gasteiger partial charge in [-0.3, -0.25) is 9.59 Å². The second-order valence-electron chi connectivity index (χ2n) is 9.18. The van der Waals surface area contributed by atoms with Crippen LogP contribution in [0.5, 0.6) is 0 Å². The molecule has 4 nitrogen and oxygen atoms in total. The van der Waals surface area contributed by atoms with Crippen molar-refractivity contribution in [2.75, 3.05) is 6.54 Å². The summed E-state index contributed by atoms with van der Waals surface area (Å²) < 4.78 is 0. The molecule has 1 saturated carbocycles. The van der Waals surface area contributed by atoms with E-state index in [0.717, 1.165) is 24.0 Å². The first-order valence-corrected chi connectivity index (χ1v) is 12.2. The SMILES string of the molecule is O=C(O)C[C@H]1C[C@H](c2cccc(Cl)c2)[C@@H](c2ccc(Cl)cc2)N(CC2CCCCC2)C1=O. The van der Waals surface area contributed by atoms with Crippen LogP contribution in [0.25, 0.3) is 0 Å². The van der Waals surface area contributed by atoms with Gasteiger partial charge in [-0.15, -0.1) is 0 Å². The molecule has 32 heavy (non-hydrogen) atoms. The Labute approximate surface area is 199 Å². The summed E-state index contributed by atoms with van der Waals surface area (Å²) in [6.45, 7) is 0.666. The second-order valence-corrected chi connectivity index (χ2v) is 10.1. The zero-order chi connectivity index (χ0) is 22.7. The van der Waals surface area contributed by atoms with Crippen molar-refractivity contribution in [2.45, 2.75) is 56.9 Å². The van der Waals surface area contributed by atoms with E-state index in [0.29, 0.717) is 28.9 Å². The van der Waals surface area contributed by atoms with E-state index in [9.17, 15) is 14.7 Å². The number of amides is 1. The van der Waals surface area contributed by atoms with Crippen molar-refractivity contribution >= 4 is 35.1 Å². The van der Waals surface area contributed by atoms with Crippen molar-refractivity contribution in [2.24, 2.45) is 11.8 Å². The lowest BCUT2D eigenvalue weighted by Crippen LogP contribution is -2.49. The Morgan fingerprint density at radius 1 is 0.969 bits per heavy atom. The van der Waals surface area contributed by atoms with Crippen LogP contribution in [0.4, 0.5) is 0 Å². The molecule has 1 saturated heterocycles. The minimum Gasteiger partial charge on any atom is -0.481 e. The number of carboxylic acid groups (broad SMARTS) is 1. The summed E-state index contributed by atoms with van der Waals surface area (Å²) in [6.07, 6.45) is 6.19. The Hall–Kier alpha value is -2.04. The Morgan fingerprint density at radius 3 is 2.34 bits per heavy atom. The van der Waals surface area contributed by atoms with Gasteiger partial charge in [0, 0.05) is 28.4 Å². The van der Waals surface area contributed by atoms with Crippen LogP contribution < -0.4 is 0 Å². The molecule has 2 aliphatic rings. The predicted octanol–water partition coefficient (Wildman–Crippen LogP) is 6.72. The molecule has 1 heterocycles. The average molecular weight is 474 g/mol. The largest absolute Gasteiger partial charge is 0.481 e. The minimum atomic E-state index is -0.934. The van der Waals surface area contributed by atoms with Crippen molar-refractivity contribution < 1.29 is 14.7 Å². The lowest BCUT2D eigenvalue weighted by Gasteiger charge is -2.46. The first kappa shape index (κ1) is 23.1. The highest BCUT2D eigenvalue weighted by molar-refractivity contribution is 6.30. The fourth-order valence-electron chi connectivity index (χ4n) is 5.49. The number of rotatable bonds is 6. The number of halogens is 2. The van der Waals surface area contributed by atoms with E-state index in [-0.39, 0.29) is 24.3 Å². The monoisotopic (exact) mass is 473 g/mol. The van der Waals surface area contributed by atoms with Gasteiger partial charge in [0.25, 0.3) is 0 Å². The van der Waals surface area contributed by atoms with Gasteiger partial charge in [0.2, 0.25) is 5.91 Å². The fourth-order valence-corrected chi connectivity index (χ4v) is 5.81. The van der Waals surface area contributed by atoms with Crippen LogP contribution in [-0.4, -0.2) is 28.4 Å². The molecule has 1 aliphatic carbocycles. The highest BCUT2D eigenvalue weighted by atomic mass is 35.5. The molecular weight excluding hydrogens is 445 g/mol. The Morgan fingerprint density at radius 2 is 1.69 bits per heavy atom. The van der Waals surface area contributed by atoms with Gasteiger partial charge >= 0.3 is 5.97 Å². The van der Waals surface area contributed by atoms with Gasteiger partial charge in [-0.25, -0.2) is 0 Å². The molecule has 1 aliphatic heterocycles. The quantitative estimate of drug-likeness (QED) is 0.506. The van der Waals surface area contributed by atoms with Gasteiger partial charge in [0.15, 0.2) is 0 Å². The van der Waals surface area contributed by atoms with Gasteiger partial charge in [-0.1, -0.05) is 66.7 Å². The lowest BCUT2D eigenvalue weighted by atomic mass is 9.74. The molecular formula is C26H29Cl2NO3. The van der Waals surface area contributed by atoms with Crippen LogP contribution in [0.2, 0.25) is 10.0 Å². The summed E-state index contributed by atoms with van der Waals surface area (Å²) in [5, 5.41) is 10.8. The molecule has 2 aromatic rings. The summed E-state index contributed by atoms with van der Waals surface area (Å²) in [5.41, 5.74) is 2.06. The van der Waals surface area contributed by atoms with Crippen LogP contribution in [0.3, 0.4) is 0 Å². The van der Waals surface area contributed by atoms with Gasteiger partial charge in [-0.05, 0) is 60.6 Å². The van der Waals surface area contributed by atoms with Crippen molar-refractivity contribution in [3.05, 3.63) is 69.7 Å². The molecule has 3 atom stereocenters. The van der Waals surface area contributed by atoms with E-state index >= 15 is 0 Å². The van der Waals surface area contributed by atoms with E-state index in [1.165, 1.54) is 19.3 Å². The highest BCUT2D eigenvalue weighted by Crippen LogP contribution is 2.47. The molecule has 0 unspecified atom stereocenters. The van der Waals surface area contributed by atoms with Crippen molar-refractivity contribution in [3.63, 3.8) is 0 Å². The summed E-state index contributed by atoms with van der Waals surface area (Å²) >= 11 is 12.5. The van der Waals surface area contributed by atoms with E-state index in [2.05, 4.69) is 0 Å². The van der Waals surface area contributed by atoms with Crippen LogP contribution >= 0.6 is 23.2 Å². The molecule has 4 rings (SSSR count). The number of aliphatic carboxylic acids is 1. The zero-order valence-electron chi connectivity index (χ0n) is 18.1. The van der Waals surface area contributed by atoms with Crippen molar-refractivity contribution in [3.8, 4) is 0 Å². The first-order chi connectivity index (χ1) is 15.4. The van der Waals surface area contributed by atoms with Crippen LogP contribution in [0.1, 0.15) is 68.0 Å². The fraction of sp³-hybridized carbons (Fsp3) is 0.462. The van der Waals surface area contributed by atoms with Gasteiger partial charge in [0.1, 0.15) is 0 Å². The number of carbonyl (C=O) groups excluding carboxylic acids is 1. The number of piperidine rings is 1. The molecule has 6 heteroatoms. The zero-order valence-corrected chi connectivity index (χ0v) is 19.6. The molecule has 1 amide bonds. The number of hydrogen-bond donors (Lipinski definition) is 1.